The van der Waals surface area contributed by atoms with Crippen molar-refractivity contribution >= 4 is 33.5 Å². The lowest BCUT2D eigenvalue weighted by Crippen LogP contribution is -2.05. The molecular formula is C14H15BrN2O2S. The minimum Gasteiger partial charge on any atom is -0.493 e. The summed E-state index contributed by atoms with van der Waals surface area (Å²) in [6.07, 6.45) is 1.80. The van der Waals surface area contributed by atoms with Crippen molar-refractivity contribution in [2.45, 2.75) is 6.54 Å². The molecular weight excluding hydrogens is 340 g/mol. The van der Waals surface area contributed by atoms with Crippen LogP contribution in [-0.2, 0) is 6.54 Å². The van der Waals surface area contributed by atoms with Crippen LogP contribution in [-0.4, -0.2) is 20.4 Å². The lowest BCUT2D eigenvalue weighted by molar-refractivity contribution is 0.354. The van der Waals surface area contributed by atoms with Gasteiger partial charge in [-0.25, -0.2) is 0 Å². The smallest absolute Gasteiger partial charge is 0.161 e. The summed E-state index contributed by atoms with van der Waals surface area (Å²) in [4.78, 5) is 1.09. The summed E-state index contributed by atoms with van der Waals surface area (Å²) in [7, 11) is 3.25. The molecule has 0 amide bonds. The molecule has 0 spiro atoms. The average Bonchev–Trinajstić information content (AvgIpc) is 2.89. The third kappa shape index (κ3) is 3.98. The van der Waals surface area contributed by atoms with E-state index in [1.54, 1.807) is 31.8 Å². The number of benzene rings is 1. The van der Waals surface area contributed by atoms with Crippen molar-refractivity contribution in [2.24, 2.45) is 5.10 Å². The quantitative estimate of drug-likeness (QED) is 0.635. The van der Waals surface area contributed by atoms with Crippen molar-refractivity contribution in [3.05, 3.63) is 44.6 Å². The third-order valence-corrected chi connectivity index (χ3v) is 4.17. The Morgan fingerprint density at radius 2 is 2.00 bits per heavy atom. The van der Waals surface area contributed by atoms with Gasteiger partial charge in [0.2, 0.25) is 0 Å². The second kappa shape index (κ2) is 7.31. The molecule has 0 fully saturated rings. The number of hydrogen-bond donors (Lipinski definition) is 1. The minimum atomic E-state index is 0.628. The van der Waals surface area contributed by atoms with E-state index in [1.165, 1.54) is 0 Å². The molecule has 0 radical (unpaired) electrons. The Hall–Kier alpha value is -1.53. The Labute approximate surface area is 130 Å². The number of hydrazone groups is 1. The zero-order chi connectivity index (χ0) is 14.4. The van der Waals surface area contributed by atoms with Crippen LogP contribution in [0, 0.1) is 0 Å². The van der Waals surface area contributed by atoms with Gasteiger partial charge in [0.25, 0.3) is 0 Å². The maximum atomic E-state index is 5.26. The predicted molar refractivity (Wildman–Crippen MR) is 86.0 cm³/mol. The van der Waals surface area contributed by atoms with Crippen LogP contribution in [0.2, 0.25) is 0 Å². The summed E-state index contributed by atoms with van der Waals surface area (Å²) < 4.78 is 11.6. The van der Waals surface area contributed by atoms with Crippen LogP contribution in [0.4, 0.5) is 0 Å². The first-order chi connectivity index (χ1) is 9.72. The lowest BCUT2D eigenvalue weighted by atomic mass is 10.2. The van der Waals surface area contributed by atoms with Gasteiger partial charge in [-0.05, 0) is 45.8 Å². The highest BCUT2D eigenvalue weighted by molar-refractivity contribution is 9.11. The Morgan fingerprint density at radius 3 is 2.65 bits per heavy atom. The molecule has 6 heteroatoms. The Kier molecular flexibility index (Phi) is 5.43. The minimum absolute atomic E-state index is 0.628. The van der Waals surface area contributed by atoms with Crippen LogP contribution in [0.25, 0.3) is 0 Å². The van der Waals surface area contributed by atoms with Gasteiger partial charge in [-0.3, -0.25) is 0 Å². The second-order valence-electron chi connectivity index (χ2n) is 3.92. The number of methoxy groups -OCH3 is 2. The van der Waals surface area contributed by atoms with E-state index in [0.29, 0.717) is 6.54 Å². The molecule has 0 saturated heterocycles. The average molecular weight is 355 g/mol. The molecule has 20 heavy (non-hydrogen) atoms. The van der Waals surface area contributed by atoms with E-state index in [-0.39, 0.29) is 0 Å². The van der Waals surface area contributed by atoms with Gasteiger partial charge in [0.15, 0.2) is 11.5 Å². The molecule has 2 aromatic rings. The van der Waals surface area contributed by atoms with Crippen molar-refractivity contribution in [2.75, 3.05) is 14.2 Å². The molecule has 0 saturated carbocycles. The summed E-state index contributed by atoms with van der Waals surface area (Å²) in [5.41, 5.74) is 4.09. The highest BCUT2D eigenvalue weighted by atomic mass is 79.9. The molecule has 1 aromatic heterocycles. The first-order valence-corrected chi connectivity index (χ1v) is 7.56. The van der Waals surface area contributed by atoms with Gasteiger partial charge >= 0.3 is 0 Å². The molecule has 1 heterocycles. The molecule has 0 bridgehead atoms. The van der Waals surface area contributed by atoms with E-state index >= 15 is 0 Å². The van der Waals surface area contributed by atoms with E-state index < -0.39 is 0 Å². The number of rotatable bonds is 6. The molecule has 0 aliphatic heterocycles. The zero-order valence-electron chi connectivity index (χ0n) is 11.2. The van der Waals surface area contributed by atoms with Gasteiger partial charge in [-0.2, -0.15) is 5.10 Å². The molecule has 1 N–H and O–H groups in total. The Morgan fingerprint density at radius 1 is 1.20 bits per heavy atom. The van der Waals surface area contributed by atoms with Gasteiger partial charge in [0, 0.05) is 4.88 Å². The van der Waals surface area contributed by atoms with Crippen molar-refractivity contribution in [3.8, 4) is 11.5 Å². The molecule has 2 rings (SSSR count). The van der Waals surface area contributed by atoms with Gasteiger partial charge in [0.05, 0.1) is 30.8 Å². The monoisotopic (exact) mass is 354 g/mol. The standard InChI is InChI=1S/C14H15BrN2O2S/c1-18-12-5-3-10(7-13(12)19-2)8-16-17-9-11-4-6-14(15)20-11/h3-7,9,16H,8H2,1-2H3/b17-9-. The number of hydrogen-bond acceptors (Lipinski definition) is 5. The molecule has 1 aromatic carbocycles. The number of ether oxygens (including phenoxy) is 2. The van der Waals surface area contributed by atoms with Gasteiger partial charge in [-0.1, -0.05) is 6.07 Å². The maximum absolute atomic E-state index is 5.26. The number of nitrogens with one attached hydrogen (secondary N) is 1. The van der Waals surface area contributed by atoms with E-state index in [9.17, 15) is 0 Å². The van der Waals surface area contributed by atoms with Crippen molar-refractivity contribution in [3.63, 3.8) is 0 Å². The fraction of sp³-hybridized carbons (Fsp3) is 0.214. The molecule has 4 nitrogen and oxygen atoms in total. The normalized spacial score (nSPS) is 10.8. The van der Waals surface area contributed by atoms with Gasteiger partial charge in [0.1, 0.15) is 0 Å². The van der Waals surface area contributed by atoms with Gasteiger partial charge in [-0.15, -0.1) is 11.3 Å². The maximum Gasteiger partial charge on any atom is 0.161 e. The number of nitrogens with zero attached hydrogens (tertiary/aromatic N) is 1. The first-order valence-electron chi connectivity index (χ1n) is 5.95. The fourth-order valence-electron chi connectivity index (χ4n) is 1.63. The highest BCUT2D eigenvalue weighted by Crippen LogP contribution is 2.27. The van der Waals surface area contributed by atoms with Crippen LogP contribution < -0.4 is 14.9 Å². The molecule has 0 aliphatic carbocycles. The van der Waals surface area contributed by atoms with E-state index in [1.807, 2.05) is 30.3 Å². The summed E-state index contributed by atoms with van der Waals surface area (Å²) in [6.45, 7) is 0.628. The molecule has 0 atom stereocenters. The van der Waals surface area contributed by atoms with E-state index in [2.05, 4.69) is 26.5 Å². The van der Waals surface area contributed by atoms with Crippen LogP contribution in [0.1, 0.15) is 10.4 Å². The van der Waals surface area contributed by atoms with E-state index in [0.717, 1.165) is 25.7 Å². The molecule has 0 aliphatic rings. The van der Waals surface area contributed by atoms with Crippen LogP contribution in [0.3, 0.4) is 0 Å². The molecule has 0 unspecified atom stereocenters. The van der Waals surface area contributed by atoms with Crippen molar-refractivity contribution in [1.29, 1.82) is 0 Å². The zero-order valence-corrected chi connectivity index (χ0v) is 13.6. The SMILES string of the molecule is COc1ccc(CN/N=C\c2ccc(Br)s2)cc1OC. The number of halogens is 1. The van der Waals surface area contributed by atoms with Crippen molar-refractivity contribution in [1.82, 2.24) is 5.43 Å². The summed E-state index contributed by atoms with van der Waals surface area (Å²) in [5, 5.41) is 4.19. The second-order valence-corrected chi connectivity index (χ2v) is 6.42. The van der Waals surface area contributed by atoms with Crippen molar-refractivity contribution < 1.29 is 9.47 Å². The summed E-state index contributed by atoms with van der Waals surface area (Å²) in [6, 6.07) is 9.81. The predicted octanol–water partition coefficient (Wildman–Crippen LogP) is 3.65. The number of thiophene rings is 1. The van der Waals surface area contributed by atoms with Gasteiger partial charge < -0.3 is 14.9 Å². The fourth-order valence-corrected chi connectivity index (χ4v) is 2.93. The van der Waals surface area contributed by atoms with Crippen LogP contribution in [0.5, 0.6) is 11.5 Å². The topological polar surface area (TPSA) is 42.8 Å². The van der Waals surface area contributed by atoms with Crippen LogP contribution >= 0.6 is 27.3 Å². The Bertz CT molecular complexity index is 599. The third-order valence-electron chi connectivity index (χ3n) is 2.61. The Balaban J connectivity index is 1.92. The summed E-state index contributed by atoms with van der Waals surface area (Å²) in [5.74, 6) is 1.45. The van der Waals surface area contributed by atoms with E-state index in [4.69, 9.17) is 9.47 Å². The lowest BCUT2D eigenvalue weighted by Gasteiger charge is -2.09. The summed E-state index contributed by atoms with van der Waals surface area (Å²) >= 11 is 5.05. The largest absolute Gasteiger partial charge is 0.493 e. The van der Waals surface area contributed by atoms with Crippen LogP contribution in [0.15, 0.2) is 39.2 Å². The highest BCUT2D eigenvalue weighted by Gasteiger charge is 2.03. The first kappa shape index (κ1) is 14.9. The molecule has 106 valence electrons.